The van der Waals surface area contributed by atoms with Gasteiger partial charge in [-0.15, -0.1) is 0 Å². The van der Waals surface area contributed by atoms with Gasteiger partial charge in [-0.1, -0.05) is 42.5 Å². The third-order valence-corrected chi connectivity index (χ3v) is 5.41. The fraction of sp³-hybridized carbons (Fsp3) is 0.304. The number of alkyl halides is 3. The van der Waals surface area contributed by atoms with E-state index in [0.717, 1.165) is 36.5 Å². The molecule has 0 saturated heterocycles. The van der Waals surface area contributed by atoms with Crippen molar-refractivity contribution in [2.45, 2.75) is 32.2 Å². The summed E-state index contributed by atoms with van der Waals surface area (Å²) in [5.41, 5.74) is 2.10. The number of hydrogen-bond donors (Lipinski definition) is 0. The molecule has 0 amide bonds. The van der Waals surface area contributed by atoms with Crippen molar-refractivity contribution in [2.75, 3.05) is 13.7 Å². The van der Waals surface area contributed by atoms with E-state index in [2.05, 4.69) is 9.88 Å². The van der Waals surface area contributed by atoms with Crippen molar-refractivity contribution >= 4 is 0 Å². The predicted octanol–water partition coefficient (Wildman–Crippen LogP) is 3.88. The Morgan fingerprint density at radius 1 is 1.00 bits per heavy atom. The molecule has 0 bridgehead atoms. The molecule has 2 aromatic carbocycles. The molecular weight excluding hydrogens is 407 g/mol. The Bertz CT molecular complexity index is 1110. The minimum absolute atomic E-state index is 0.0824. The maximum absolute atomic E-state index is 13.3. The van der Waals surface area contributed by atoms with E-state index in [4.69, 9.17) is 4.74 Å². The highest BCUT2D eigenvalue weighted by Gasteiger charge is 2.30. The van der Waals surface area contributed by atoms with Crippen LogP contribution in [0.2, 0.25) is 0 Å². The van der Waals surface area contributed by atoms with Crippen molar-refractivity contribution in [3.05, 3.63) is 92.9 Å². The number of benzene rings is 2. The molecule has 1 aromatic heterocycles. The molecule has 0 spiro atoms. The lowest BCUT2D eigenvalue weighted by Gasteiger charge is -2.28. The lowest BCUT2D eigenvalue weighted by atomic mass is 10.1. The predicted molar refractivity (Wildman–Crippen MR) is 110 cm³/mol. The van der Waals surface area contributed by atoms with Crippen molar-refractivity contribution in [3.63, 3.8) is 0 Å². The van der Waals surface area contributed by atoms with Crippen LogP contribution < -0.4 is 10.3 Å². The van der Waals surface area contributed by atoms with Crippen LogP contribution >= 0.6 is 0 Å². The number of methoxy groups -OCH3 is 1. The third-order valence-electron chi connectivity index (χ3n) is 5.41. The highest BCUT2D eigenvalue weighted by Crippen LogP contribution is 2.29. The Morgan fingerprint density at radius 2 is 1.68 bits per heavy atom. The Balaban J connectivity index is 1.61. The molecule has 0 aliphatic carbocycles. The molecule has 2 heterocycles. The Kier molecular flexibility index (Phi) is 5.82. The van der Waals surface area contributed by atoms with E-state index < -0.39 is 11.7 Å². The van der Waals surface area contributed by atoms with Gasteiger partial charge in [0, 0.05) is 26.1 Å². The monoisotopic (exact) mass is 429 g/mol. The Labute approximate surface area is 177 Å². The van der Waals surface area contributed by atoms with Gasteiger partial charge < -0.3 is 4.74 Å². The fourth-order valence-electron chi connectivity index (χ4n) is 3.80. The first kappa shape index (κ1) is 21.1. The van der Waals surface area contributed by atoms with Crippen LogP contribution in [0.5, 0.6) is 6.01 Å². The average molecular weight is 429 g/mol. The van der Waals surface area contributed by atoms with Crippen molar-refractivity contribution in [3.8, 4) is 6.01 Å². The molecule has 31 heavy (non-hydrogen) atoms. The van der Waals surface area contributed by atoms with E-state index in [9.17, 15) is 18.0 Å². The molecule has 1 aliphatic rings. The third kappa shape index (κ3) is 4.64. The van der Waals surface area contributed by atoms with E-state index in [-0.39, 0.29) is 18.1 Å². The van der Waals surface area contributed by atoms with E-state index in [1.165, 1.54) is 23.8 Å². The van der Waals surface area contributed by atoms with Crippen LogP contribution in [-0.4, -0.2) is 28.1 Å². The topological polar surface area (TPSA) is 47.4 Å². The van der Waals surface area contributed by atoms with Crippen LogP contribution in [0, 0.1) is 0 Å². The van der Waals surface area contributed by atoms with Gasteiger partial charge in [0.2, 0.25) is 0 Å². The summed E-state index contributed by atoms with van der Waals surface area (Å²) in [5.74, 6) is 0. The second-order valence-electron chi connectivity index (χ2n) is 7.56. The number of rotatable bonds is 5. The standard InChI is InChI=1S/C23H22F3N3O2/c1-31-22-27-20-11-12-28(13-16-5-3-2-4-6-16)15-19(20)21(30)29(22)14-17-7-9-18(10-8-17)23(24,25)26/h2-10H,11-15H2,1H3. The molecule has 1 aliphatic heterocycles. The molecule has 0 unspecified atom stereocenters. The number of hydrogen-bond acceptors (Lipinski definition) is 4. The SMILES string of the molecule is COc1nc2c(c(=O)n1Cc1ccc(C(F)(F)F)cc1)CN(Cc1ccccc1)CC2. The molecule has 5 nitrogen and oxygen atoms in total. The van der Waals surface area contributed by atoms with Gasteiger partial charge in [0.05, 0.1) is 30.5 Å². The number of ether oxygens (including phenoxy) is 1. The second kappa shape index (κ2) is 8.55. The zero-order valence-corrected chi connectivity index (χ0v) is 17.0. The molecular formula is C23H22F3N3O2. The summed E-state index contributed by atoms with van der Waals surface area (Å²) in [5, 5.41) is 0. The van der Waals surface area contributed by atoms with E-state index >= 15 is 0 Å². The van der Waals surface area contributed by atoms with Crippen LogP contribution in [0.3, 0.4) is 0 Å². The summed E-state index contributed by atoms with van der Waals surface area (Å²) in [6, 6.07) is 15.0. The number of fused-ring (bicyclic) bond motifs is 1. The molecule has 162 valence electrons. The van der Waals surface area contributed by atoms with Gasteiger partial charge >= 0.3 is 6.18 Å². The first-order chi connectivity index (χ1) is 14.8. The number of aromatic nitrogens is 2. The van der Waals surface area contributed by atoms with Gasteiger partial charge in [0.25, 0.3) is 11.6 Å². The van der Waals surface area contributed by atoms with Gasteiger partial charge in [-0.3, -0.25) is 14.3 Å². The van der Waals surface area contributed by atoms with Crippen molar-refractivity contribution in [2.24, 2.45) is 0 Å². The molecule has 4 rings (SSSR count). The van der Waals surface area contributed by atoms with Gasteiger partial charge in [0.1, 0.15) is 0 Å². The zero-order chi connectivity index (χ0) is 22.0. The molecule has 0 saturated carbocycles. The normalized spacial score (nSPS) is 14.3. The van der Waals surface area contributed by atoms with Crippen molar-refractivity contribution in [1.82, 2.24) is 14.5 Å². The molecule has 8 heteroatoms. The second-order valence-corrected chi connectivity index (χ2v) is 7.56. The van der Waals surface area contributed by atoms with Crippen LogP contribution in [0.4, 0.5) is 13.2 Å². The molecule has 0 radical (unpaired) electrons. The zero-order valence-electron chi connectivity index (χ0n) is 17.0. The summed E-state index contributed by atoms with van der Waals surface area (Å²) >= 11 is 0. The van der Waals surface area contributed by atoms with E-state index in [0.29, 0.717) is 24.1 Å². The fourth-order valence-corrected chi connectivity index (χ4v) is 3.80. The van der Waals surface area contributed by atoms with Crippen LogP contribution in [0.15, 0.2) is 59.4 Å². The summed E-state index contributed by atoms with van der Waals surface area (Å²) in [6.45, 7) is 2.05. The van der Waals surface area contributed by atoms with Crippen LogP contribution in [-0.2, 0) is 32.2 Å². The maximum Gasteiger partial charge on any atom is 0.416 e. The van der Waals surface area contributed by atoms with Gasteiger partial charge in [-0.2, -0.15) is 13.2 Å². The molecule has 0 N–H and O–H groups in total. The van der Waals surface area contributed by atoms with E-state index in [1.54, 1.807) is 0 Å². The van der Waals surface area contributed by atoms with Gasteiger partial charge in [-0.25, -0.2) is 4.98 Å². The summed E-state index contributed by atoms with van der Waals surface area (Å²) in [7, 11) is 1.43. The highest BCUT2D eigenvalue weighted by atomic mass is 19.4. The lowest BCUT2D eigenvalue weighted by molar-refractivity contribution is -0.137. The Hall–Kier alpha value is -3.13. The number of halogens is 3. The molecule has 0 atom stereocenters. The van der Waals surface area contributed by atoms with Crippen molar-refractivity contribution in [1.29, 1.82) is 0 Å². The first-order valence-corrected chi connectivity index (χ1v) is 9.94. The van der Waals surface area contributed by atoms with Gasteiger partial charge in [-0.05, 0) is 23.3 Å². The minimum Gasteiger partial charge on any atom is -0.468 e. The summed E-state index contributed by atoms with van der Waals surface area (Å²) in [6.07, 6.45) is -3.77. The van der Waals surface area contributed by atoms with E-state index in [1.807, 2.05) is 30.3 Å². The molecule has 0 fully saturated rings. The highest BCUT2D eigenvalue weighted by molar-refractivity contribution is 5.28. The summed E-state index contributed by atoms with van der Waals surface area (Å²) in [4.78, 5) is 20.0. The smallest absolute Gasteiger partial charge is 0.416 e. The number of nitrogens with zero attached hydrogens (tertiary/aromatic N) is 3. The van der Waals surface area contributed by atoms with Crippen LogP contribution in [0.25, 0.3) is 0 Å². The Morgan fingerprint density at radius 3 is 2.32 bits per heavy atom. The lowest BCUT2D eigenvalue weighted by Crippen LogP contribution is -2.38. The summed E-state index contributed by atoms with van der Waals surface area (Å²) < 4.78 is 45.2. The van der Waals surface area contributed by atoms with Crippen molar-refractivity contribution < 1.29 is 17.9 Å². The minimum atomic E-state index is -4.40. The van der Waals surface area contributed by atoms with Gasteiger partial charge in [0.15, 0.2) is 0 Å². The maximum atomic E-state index is 13.3. The quantitative estimate of drug-likeness (QED) is 0.618. The first-order valence-electron chi connectivity index (χ1n) is 9.94. The average Bonchev–Trinajstić information content (AvgIpc) is 2.76. The largest absolute Gasteiger partial charge is 0.468 e. The van der Waals surface area contributed by atoms with Crippen LogP contribution in [0.1, 0.15) is 27.9 Å². The molecule has 3 aromatic rings.